The summed E-state index contributed by atoms with van der Waals surface area (Å²) in [5.74, 6) is -9.11. The Morgan fingerprint density at radius 2 is 1.20 bits per heavy atom. The molecule has 0 heterocycles. The second kappa shape index (κ2) is 3.82. The van der Waals surface area contributed by atoms with Gasteiger partial charge in [0.25, 0.3) is 15.5 Å². The van der Waals surface area contributed by atoms with Gasteiger partial charge in [0.2, 0.25) is 0 Å². The number of carboxylic acids is 3. The fourth-order valence-corrected chi connectivity index (χ4v) is 1.65. The summed E-state index contributed by atoms with van der Waals surface area (Å²) >= 11 is 0. The molecule has 0 aromatic heterocycles. The summed E-state index contributed by atoms with van der Waals surface area (Å²) in [5.41, 5.74) is -3.60. The number of hydrogen-bond acceptors (Lipinski definition) is 5. The molecule has 4 N–H and O–H groups in total. The van der Waals surface area contributed by atoms with Gasteiger partial charge in [0.05, 0.1) is 0 Å². The lowest BCUT2D eigenvalue weighted by atomic mass is 9.91. The fraction of sp³-hybridized carbons (Fsp3) is 0.400. The van der Waals surface area contributed by atoms with Crippen LogP contribution in [0.1, 0.15) is 0 Å². The highest BCUT2D eigenvalue weighted by molar-refractivity contribution is 7.85. The van der Waals surface area contributed by atoms with Crippen LogP contribution in [0.3, 0.4) is 0 Å². The predicted molar refractivity (Wildman–Crippen MR) is 41.8 cm³/mol. The molecule has 0 fully saturated rings. The molecular weight excluding hydrogens is 236 g/mol. The molecule has 0 aliphatic heterocycles. The van der Waals surface area contributed by atoms with Gasteiger partial charge in [-0.2, -0.15) is 8.42 Å². The number of rotatable bonds is 5. The zero-order valence-electron chi connectivity index (χ0n) is 6.95. The van der Waals surface area contributed by atoms with Gasteiger partial charge in [-0.15, -0.1) is 0 Å². The van der Waals surface area contributed by atoms with Crippen LogP contribution in [0.25, 0.3) is 0 Å². The van der Waals surface area contributed by atoms with Gasteiger partial charge in [-0.25, -0.2) is 0 Å². The summed E-state index contributed by atoms with van der Waals surface area (Å²) in [6.07, 6.45) is 0. The molecule has 0 aromatic rings. The van der Waals surface area contributed by atoms with Gasteiger partial charge in [-0.05, 0) is 0 Å². The van der Waals surface area contributed by atoms with E-state index in [0.717, 1.165) is 0 Å². The van der Waals surface area contributed by atoms with Crippen LogP contribution in [0, 0.1) is 5.41 Å². The third-order valence-corrected chi connectivity index (χ3v) is 2.29. The molecule has 0 rings (SSSR count). The lowest BCUT2D eigenvalue weighted by Crippen LogP contribution is -2.51. The Morgan fingerprint density at radius 3 is 1.27 bits per heavy atom. The van der Waals surface area contributed by atoms with Crippen molar-refractivity contribution < 1.29 is 42.7 Å². The second-order valence-corrected chi connectivity index (χ2v) is 4.00. The molecule has 0 unspecified atom stereocenters. The largest absolute Gasteiger partial charge is 0.480 e. The third-order valence-electron chi connectivity index (χ3n) is 1.49. The van der Waals surface area contributed by atoms with Crippen molar-refractivity contribution in [2.75, 3.05) is 5.75 Å². The van der Waals surface area contributed by atoms with Crippen LogP contribution in [0.2, 0.25) is 0 Å². The minimum atomic E-state index is -5.06. The Morgan fingerprint density at radius 1 is 0.933 bits per heavy atom. The Hall–Kier alpha value is -1.68. The van der Waals surface area contributed by atoms with Gasteiger partial charge in [-0.1, -0.05) is 0 Å². The van der Waals surface area contributed by atoms with E-state index < -0.39 is 39.2 Å². The lowest BCUT2D eigenvalue weighted by molar-refractivity contribution is -0.173. The van der Waals surface area contributed by atoms with E-state index in [1.807, 2.05) is 0 Å². The molecule has 0 aliphatic rings. The maximum Gasteiger partial charge on any atom is 0.333 e. The number of hydrogen-bond donors (Lipinski definition) is 4. The van der Waals surface area contributed by atoms with E-state index in [1.54, 1.807) is 0 Å². The summed E-state index contributed by atoms with van der Waals surface area (Å²) in [6, 6.07) is 0. The van der Waals surface area contributed by atoms with E-state index in [2.05, 4.69) is 0 Å². The maximum atomic E-state index is 10.4. The molecule has 0 bridgehead atoms. The first-order valence-electron chi connectivity index (χ1n) is 3.19. The molecule has 0 radical (unpaired) electrons. The molecule has 9 nitrogen and oxygen atoms in total. The highest BCUT2D eigenvalue weighted by Crippen LogP contribution is 2.21. The topological polar surface area (TPSA) is 166 Å². The van der Waals surface area contributed by atoms with Crippen LogP contribution in [0.5, 0.6) is 0 Å². The molecule has 15 heavy (non-hydrogen) atoms. The Labute approximate surface area is 82.7 Å². The first-order chi connectivity index (χ1) is 6.54. The number of carbonyl (C=O) groups is 3. The van der Waals surface area contributed by atoms with Crippen molar-refractivity contribution >= 4 is 28.0 Å². The van der Waals surface area contributed by atoms with Crippen LogP contribution in [0.4, 0.5) is 0 Å². The first kappa shape index (κ1) is 13.3. The van der Waals surface area contributed by atoms with Crippen LogP contribution in [0.15, 0.2) is 0 Å². The van der Waals surface area contributed by atoms with Gasteiger partial charge in [0, 0.05) is 0 Å². The van der Waals surface area contributed by atoms with E-state index in [0.29, 0.717) is 0 Å². The molecule has 0 aromatic carbocycles. The van der Waals surface area contributed by atoms with Crippen LogP contribution in [-0.2, 0) is 24.5 Å². The van der Waals surface area contributed by atoms with Crippen molar-refractivity contribution in [2.24, 2.45) is 5.41 Å². The number of aliphatic carboxylic acids is 3. The van der Waals surface area contributed by atoms with Crippen molar-refractivity contribution in [3.05, 3.63) is 0 Å². The molecule has 0 atom stereocenters. The molecule has 0 saturated heterocycles. The van der Waals surface area contributed by atoms with Crippen molar-refractivity contribution in [1.82, 2.24) is 0 Å². The van der Waals surface area contributed by atoms with E-state index in [-0.39, 0.29) is 0 Å². The lowest BCUT2D eigenvalue weighted by Gasteiger charge is -2.17. The minimum Gasteiger partial charge on any atom is -0.480 e. The van der Waals surface area contributed by atoms with E-state index in [9.17, 15) is 22.8 Å². The maximum absolute atomic E-state index is 10.4. The molecule has 0 spiro atoms. The Kier molecular flexibility index (Phi) is 3.40. The van der Waals surface area contributed by atoms with Gasteiger partial charge in [0.15, 0.2) is 0 Å². The quantitative estimate of drug-likeness (QED) is 0.318. The Bertz CT molecular complexity index is 368. The molecule has 10 heteroatoms. The van der Waals surface area contributed by atoms with E-state index in [1.165, 1.54) is 0 Å². The average Bonchev–Trinajstić information content (AvgIpc) is 1.96. The zero-order valence-corrected chi connectivity index (χ0v) is 7.76. The summed E-state index contributed by atoms with van der Waals surface area (Å²) in [4.78, 5) is 31.3. The highest BCUT2D eigenvalue weighted by atomic mass is 32.2. The van der Waals surface area contributed by atoms with E-state index in [4.69, 9.17) is 19.9 Å². The zero-order chi connectivity index (χ0) is 12.4. The molecule has 0 aliphatic carbocycles. The SMILES string of the molecule is O=C(O)C(CS(=O)(=O)O)(C(=O)O)C(=O)O. The monoisotopic (exact) mass is 242 g/mol. The van der Waals surface area contributed by atoms with Gasteiger partial charge in [-0.3, -0.25) is 18.9 Å². The summed E-state index contributed by atoms with van der Waals surface area (Å²) in [6.45, 7) is 0. The van der Waals surface area contributed by atoms with Crippen molar-refractivity contribution in [3.8, 4) is 0 Å². The highest BCUT2D eigenvalue weighted by Gasteiger charge is 2.57. The van der Waals surface area contributed by atoms with Gasteiger partial charge in [0.1, 0.15) is 5.75 Å². The standard InChI is InChI=1S/C5H6O9S/c6-2(7)5(3(8)9,4(10)11)1-15(12,13)14/h1H2,(H,6,7)(H,8,9)(H,10,11)(H,12,13,14). The normalized spacial score (nSPS) is 12.1. The predicted octanol–water partition coefficient (Wildman–Crippen LogP) is -1.89. The minimum absolute atomic E-state index is 1.94. The summed E-state index contributed by atoms with van der Waals surface area (Å²) < 4.78 is 28.9. The second-order valence-electron chi connectivity index (χ2n) is 2.55. The number of carboxylic acid groups (broad SMARTS) is 3. The average molecular weight is 242 g/mol. The smallest absolute Gasteiger partial charge is 0.333 e. The third kappa shape index (κ3) is 2.63. The fourth-order valence-electron chi connectivity index (χ4n) is 0.733. The summed E-state index contributed by atoms with van der Waals surface area (Å²) in [5, 5.41) is 25.2. The van der Waals surface area contributed by atoms with Crippen LogP contribution in [-0.4, -0.2) is 52.0 Å². The van der Waals surface area contributed by atoms with Crippen molar-refractivity contribution in [2.45, 2.75) is 0 Å². The molecule has 0 saturated carbocycles. The van der Waals surface area contributed by atoms with E-state index >= 15 is 0 Å². The summed E-state index contributed by atoms with van der Waals surface area (Å²) in [7, 11) is -5.06. The van der Waals surface area contributed by atoms with Gasteiger partial charge < -0.3 is 15.3 Å². The van der Waals surface area contributed by atoms with Crippen LogP contribution >= 0.6 is 0 Å². The van der Waals surface area contributed by atoms with Crippen LogP contribution < -0.4 is 0 Å². The van der Waals surface area contributed by atoms with Crippen molar-refractivity contribution in [3.63, 3.8) is 0 Å². The van der Waals surface area contributed by atoms with Gasteiger partial charge >= 0.3 is 17.9 Å². The molecular formula is C5H6O9S. The Balaban J connectivity index is 5.66. The first-order valence-corrected chi connectivity index (χ1v) is 4.80. The molecule has 0 amide bonds. The van der Waals surface area contributed by atoms with Crippen molar-refractivity contribution in [1.29, 1.82) is 0 Å². The molecule has 86 valence electrons.